The average Bonchev–Trinajstić information content (AvgIpc) is 2.52. The average molecular weight is 204 g/mol. The molecule has 2 nitrogen and oxygen atoms in total. The zero-order chi connectivity index (χ0) is 9.90. The lowest BCUT2D eigenvalue weighted by atomic mass is 10.0. The van der Waals surface area contributed by atoms with Crippen LogP contribution in [0.2, 0.25) is 0 Å². The van der Waals surface area contributed by atoms with Crippen LogP contribution in [0.15, 0.2) is 0 Å². The molecule has 1 fully saturated rings. The van der Waals surface area contributed by atoms with E-state index in [9.17, 15) is 5.11 Å². The van der Waals surface area contributed by atoms with Crippen molar-refractivity contribution >= 4 is 12.0 Å². The molecule has 0 spiro atoms. The summed E-state index contributed by atoms with van der Waals surface area (Å²) >= 11 is 1.56. The lowest BCUT2D eigenvalue weighted by Crippen LogP contribution is -2.35. The SMILES string of the molecule is CC(O)C(C)(C)OSC1CCCC1. The molecule has 13 heavy (non-hydrogen) atoms. The molecular weight excluding hydrogens is 184 g/mol. The second-order valence-electron chi connectivity index (χ2n) is 4.37. The van der Waals surface area contributed by atoms with E-state index >= 15 is 0 Å². The van der Waals surface area contributed by atoms with Gasteiger partial charge >= 0.3 is 0 Å². The maximum Gasteiger partial charge on any atom is 0.103 e. The molecule has 0 bridgehead atoms. The van der Waals surface area contributed by atoms with Crippen molar-refractivity contribution < 1.29 is 9.29 Å². The third-order valence-electron chi connectivity index (χ3n) is 2.71. The van der Waals surface area contributed by atoms with Crippen molar-refractivity contribution in [1.82, 2.24) is 0 Å². The maximum atomic E-state index is 9.42. The fourth-order valence-electron chi connectivity index (χ4n) is 1.25. The molecule has 1 N–H and O–H groups in total. The molecule has 1 rings (SSSR count). The van der Waals surface area contributed by atoms with E-state index in [0.29, 0.717) is 5.25 Å². The van der Waals surface area contributed by atoms with Gasteiger partial charge in [0.1, 0.15) is 5.60 Å². The Kier molecular flexibility index (Phi) is 4.07. The first-order chi connectivity index (χ1) is 6.02. The maximum absolute atomic E-state index is 9.42. The van der Waals surface area contributed by atoms with Crippen LogP contribution in [0.4, 0.5) is 0 Å². The Labute approximate surface area is 85.3 Å². The lowest BCUT2D eigenvalue weighted by Gasteiger charge is -2.28. The lowest BCUT2D eigenvalue weighted by molar-refractivity contribution is -0.00425. The topological polar surface area (TPSA) is 29.5 Å². The molecule has 0 amide bonds. The smallest absolute Gasteiger partial charge is 0.103 e. The van der Waals surface area contributed by atoms with Crippen molar-refractivity contribution in [3.63, 3.8) is 0 Å². The zero-order valence-electron chi connectivity index (χ0n) is 8.75. The Morgan fingerprint density at radius 1 is 1.38 bits per heavy atom. The van der Waals surface area contributed by atoms with E-state index in [0.717, 1.165) is 0 Å². The molecule has 0 radical (unpaired) electrons. The molecule has 1 aliphatic carbocycles. The van der Waals surface area contributed by atoms with Crippen molar-refractivity contribution in [2.45, 2.75) is 63.4 Å². The Balaban J connectivity index is 2.24. The van der Waals surface area contributed by atoms with Crippen molar-refractivity contribution in [2.75, 3.05) is 0 Å². The van der Waals surface area contributed by atoms with E-state index in [1.165, 1.54) is 25.7 Å². The van der Waals surface area contributed by atoms with E-state index in [-0.39, 0.29) is 0 Å². The Hall–Kier alpha value is 0.270. The van der Waals surface area contributed by atoms with E-state index in [2.05, 4.69) is 0 Å². The largest absolute Gasteiger partial charge is 0.390 e. The third kappa shape index (κ3) is 3.49. The molecule has 1 aliphatic rings. The highest BCUT2D eigenvalue weighted by molar-refractivity contribution is 7.95. The first-order valence-corrected chi connectivity index (χ1v) is 5.85. The van der Waals surface area contributed by atoms with Crippen LogP contribution in [0.5, 0.6) is 0 Å². The molecule has 0 aliphatic heterocycles. The minimum absolute atomic E-state index is 0.415. The standard InChI is InChI=1S/C10H20O2S/c1-8(11)10(2,3)12-13-9-6-4-5-7-9/h8-9,11H,4-7H2,1-3H3. The molecule has 0 heterocycles. The summed E-state index contributed by atoms with van der Waals surface area (Å²) in [5, 5.41) is 10.1. The molecule has 0 saturated heterocycles. The highest BCUT2D eigenvalue weighted by Crippen LogP contribution is 2.33. The summed E-state index contributed by atoms with van der Waals surface area (Å²) in [6.07, 6.45) is 4.77. The van der Waals surface area contributed by atoms with Crippen molar-refractivity contribution in [1.29, 1.82) is 0 Å². The number of aliphatic hydroxyl groups is 1. The molecular formula is C10H20O2S. The van der Waals surface area contributed by atoms with Crippen LogP contribution in [0.25, 0.3) is 0 Å². The second-order valence-corrected chi connectivity index (χ2v) is 5.39. The molecule has 0 aromatic rings. The van der Waals surface area contributed by atoms with Gasteiger partial charge in [-0.05, 0) is 45.7 Å². The first kappa shape index (κ1) is 11.3. The van der Waals surface area contributed by atoms with Gasteiger partial charge in [-0.25, -0.2) is 0 Å². The minimum Gasteiger partial charge on any atom is -0.390 e. The van der Waals surface area contributed by atoms with E-state index in [4.69, 9.17) is 4.18 Å². The first-order valence-electron chi connectivity index (χ1n) is 5.05. The number of rotatable bonds is 4. The van der Waals surface area contributed by atoms with Gasteiger partial charge in [-0.1, -0.05) is 12.8 Å². The summed E-state index contributed by atoms with van der Waals surface area (Å²) in [5.41, 5.74) is -0.423. The summed E-state index contributed by atoms with van der Waals surface area (Å²) < 4.78 is 5.64. The Morgan fingerprint density at radius 3 is 2.38 bits per heavy atom. The Bertz CT molecular complexity index is 151. The fourth-order valence-corrected chi connectivity index (χ4v) is 2.30. The molecule has 1 unspecified atom stereocenters. The molecule has 0 aromatic heterocycles. The normalized spacial score (nSPS) is 22.2. The number of aliphatic hydroxyl groups excluding tert-OH is 1. The van der Waals surface area contributed by atoms with Gasteiger partial charge in [-0.2, -0.15) is 0 Å². The summed E-state index contributed by atoms with van der Waals surface area (Å²) in [6.45, 7) is 5.63. The van der Waals surface area contributed by atoms with Gasteiger partial charge in [-0.15, -0.1) is 0 Å². The van der Waals surface area contributed by atoms with Crippen LogP contribution in [0, 0.1) is 0 Å². The molecule has 78 valence electrons. The van der Waals surface area contributed by atoms with Gasteiger partial charge in [0.15, 0.2) is 0 Å². The molecule has 1 saturated carbocycles. The number of hydrogen-bond acceptors (Lipinski definition) is 3. The van der Waals surface area contributed by atoms with Gasteiger partial charge in [0.2, 0.25) is 0 Å². The summed E-state index contributed by atoms with van der Waals surface area (Å²) in [7, 11) is 0. The highest BCUT2D eigenvalue weighted by Gasteiger charge is 2.28. The highest BCUT2D eigenvalue weighted by atomic mass is 32.2. The summed E-state index contributed by atoms with van der Waals surface area (Å²) in [5.74, 6) is 0. The van der Waals surface area contributed by atoms with Crippen molar-refractivity contribution in [3.8, 4) is 0 Å². The van der Waals surface area contributed by atoms with Gasteiger partial charge in [0.05, 0.1) is 6.10 Å². The van der Waals surface area contributed by atoms with Crippen LogP contribution in [-0.4, -0.2) is 22.1 Å². The van der Waals surface area contributed by atoms with Crippen LogP contribution in [0.1, 0.15) is 46.5 Å². The van der Waals surface area contributed by atoms with E-state index in [1.54, 1.807) is 19.0 Å². The number of hydrogen-bond donors (Lipinski definition) is 1. The van der Waals surface area contributed by atoms with Crippen LogP contribution in [-0.2, 0) is 4.18 Å². The second kappa shape index (κ2) is 4.67. The summed E-state index contributed by atoms with van der Waals surface area (Å²) in [4.78, 5) is 0. The minimum atomic E-state index is -0.423. The zero-order valence-corrected chi connectivity index (χ0v) is 9.56. The quantitative estimate of drug-likeness (QED) is 0.714. The predicted molar refractivity (Wildman–Crippen MR) is 56.7 cm³/mol. The van der Waals surface area contributed by atoms with Crippen LogP contribution >= 0.6 is 12.0 Å². The monoisotopic (exact) mass is 204 g/mol. The van der Waals surface area contributed by atoms with Gasteiger partial charge in [0, 0.05) is 5.25 Å². The van der Waals surface area contributed by atoms with Gasteiger partial charge in [0.25, 0.3) is 0 Å². The molecule has 1 atom stereocenters. The molecule has 3 heteroatoms. The van der Waals surface area contributed by atoms with Crippen LogP contribution < -0.4 is 0 Å². The van der Waals surface area contributed by atoms with Crippen molar-refractivity contribution in [2.24, 2.45) is 0 Å². The fraction of sp³-hybridized carbons (Fsp3) is 1.00. The summed E-state index contributed by atoms with van der Waals surface area (Å²) in [6, 6.07) is 0. The van der Waals surface area contributed by atoms with Crippen molar-refractivity contribution in [3.05, 3.63) is 0 Å². The Morgan fingerprint density at radius 2 is 1.92 bits per heavy atom. The van der Waals surface area contributed by atoms with Gasteiger partial charge < -0.3 is 9.29 Å². The third-order valence-corrected chi connectivity index (χ3v) is 3.98. The molecule has 0 aromatic carbocycles. The van der Waals surface area contributed by atoms with Gasteiger partial charge in [-0.3, -0.25) is 0 Å². The van der Waals surface area contributed by atoms with E-state index < -0.39 is 11.7 Å². The predicted octanol–water partition coefficient (Wildman–Crippen LogP) is 2.75. The van der Waals surface area contributed by atoms with E-state index in [1.807, 2.05) is 13.8 Å². The van der Waals surface area contributed by atoms with Crippen LogP contribution in [0.3, 0.4) is 0 Å².